The molecule has 1 aliphatic heterocycles. The summed E-state index contributed by atoms with van der Waals surface area (Å²) >= 11 is 0. The second-order valence-corrected chi connectivity index (χ2v) is 5.12. The lowest BCUT2D eigenvalue weighted by Crippen LogP contribution is -2.34. The van der Waals surface area contributed by atoms with E-state index in [1.165, 1.54) is 10.8 Å². The number of aliphatic hydroxyl groups is 3. The minimum atomic E-state index is -1.21. The van der Waals surface area contributed by atoms with Gasteiger partial charge in [0.2, 0.25) is 5.95 Å². The molecule has 8 heteroatoms. The van der Waals surface area contributed by atoms with Gasteiger partial charge in [0.05, 0.1) is 6.61 Å². The van der Waals surface area contributed by atoms with Crippen molar-refractivity contribution >= 4 is 5.95 Å². The van der Waals surface area contributed by atoms with Gasteiger partial charge in [0.1, 0.15) is 18.3 Å². The molecule has 0 bridgehead atoms. The Morgan fingerprint density at radius 1 is 1.43 bits per heavy atom. The second-order valence-electron chi connectivity index (χ2n) is 5.12. The monoisotopic (exact) mass is 299 g/mol. The molecular formula is C13H21N3O5. The van der Waals surface area contributed by atoms with Gasteiger partial charge in [-0.3, -0.25) is 9.36 Å². The fourth-order valence-corrected chi connectivity index (χ4v) is 2.24. The first-order valence-corrected chi connectivity index (χ1v) is 6.95. The Kier molecular flexibility index (Phi) is 4.94. The van der Waals surface area contributed by atoms with Crippen LogP contribution in [0.15, 0.2) is 11.0 Å². The van der Waals surface area contributed by atoms with Crippen molar-refractivity contribution in [3.63, 3.8) is 0 Å². The molecular weight excluding hydrogens is 278 g/mol. The Morgan fingerprint density at radius 3 is 2.71 bits per heavy atom. The molecule has 1 aromatic heterocycles. The van der Waals surface area contributed by atoms with Gasteiger partial charge < -0.3 is 25.4 Å². The van der Waals surface area contributed by atoms with E-state index in [4.69, 9.17) is 9.84 Å². The number of hydrogen-bond acceptors (Lipinski definition) is 7. The average Bonchev–Trinajstić information content (AvgIpc) is 2.75. The molecule has 1 aromatic rings. The maximum Gasteiger partial charge on any atom is 0.277 e. The van der Waals surface area contributed by atoms with E-state index in [1.54, 1.807) is 6.92 Å². The van der Waals surface area contributed by atoms with Crippen LogP contribution in [-0.4, -0.2) is 56.3 Å². The van der Waals surface area contributed by atoms with Gasteiger partial charge in [-0.2, -0.15) is 4.98 Å². The van der Waals surface area contributed by atoms with Crippen LogP contribution < -0.4 is 10.9 Å². The zero-order valence-electron chi connectivity index (χ0n) is 12.1. The van der Waals surface area contributed by atoms with Crippen LogP contribution in [-0.2, 0) is 4.74 Å². The Hall–Kier alpha value is -1.48. The molecule has 0 unspecified atom stereocenters. The molecule has 4 atom stereocenters. The second kappa shape index (κ2) is 6.52. The molecule has 2 heterocycles. The quantitative estimate of drug-likeness (QED) is 0.550. The summed E-state index contributed by atoms with van der Waals surface area (Å²) in [6, 6.07) is 0. The predicted octanol–water partition coefficient (Wildman–Crippen LogP) is -1.01. The number of nitrogens with one attached hydrogen (secondary N) is 1. The summed E-state index contributed by atoms with van der Waals surface area (Å²) in [6.07, 6.45) is -1.84. The van der Waals surface area contributed by atoms with Gasteiger partial charge in [-0.1, -0.05) is 6.92 Å². The summed E-state index contributed by atoms with van der Waals surface area (Å²) < 4.78 is 6.95. The lowest BCUT2D eigenvalue weighted by Gasteiger charge is -2.22. The van der Waals surface area contributed by atoms with Crippen molar-refractivity contribution in [3.8, 4) is 0 Å². The number of hydrogen-bond donors (Lipinski definition) is 4. The molecule has 1 fully saturated rings. The summed E-state index contributed by atoms with van der Waals surface area (Å²) in [4.78, 5) is 15.6. The van der Waals surface area contributed by atoms with Crippen LogP contribution in [0, 0.1) is 6.92 Å². The van der Waals surface area contributed by atoms with Gasteiger partial charge >= 0.3 is 0 Å². The molecule has 8 nitrogen and oxygen atoms in total. The smallest absolute Gasteiger partial charge is 0.277 e. The summed E-state index contributed by atoms with van der Waals surface area (Å²) in [5.41, 5.74) is 0.0337. The van der Waals surface area contributed by atoms with E-state index in [1.807, 2.05) is 6.92 Å². The predicted molar refractivity (Wildman–Crippen MR) is 75.0 cm³/mol. The van der Waals surface area contributed by atoms with Crippen molar-refractivity contribution in [2.75, 3.05) is 18.5 Å². The van der Waals surface area contributed by atoms with Crippen molar-refractivity contribution in [1.29, 1.82) is 0 Å². The summed E-state index contributed by atoms with van der Waals surface area (Å²) in [6.45, 7) is 3.77. The van der Waals surface area contributed by atoms with Crippen molar-refractivity contribution in [3.05, 3.63) is 22.1 Å². The van der Waals surface area contributed by atoms with Gasteiger partial charge in [0.15, 0.2) is 6.23 Å². The maximum absolute atomic E-state index is 11.7. The van der Waals surface area contributed by atoms with Crippen LogP contribution in [0.25, 0.3) is 0 Å². The molecule has 118 valence electrons. The van der Waals surface area contributed by atoms with E-state index in [0.717, 1.165) is 6.42 Å². The fourth-order valence-electron chi connectivity index (χ4n) is 2.24. The molecule has 0 radical (unpaired) electrons. The molecule has 0 saturated carbocycles. The van der Waals surface area contributed by atoms with Crippen LogP contribution in [0.1, 0.15) is 25.1 Å². The highest BCUT2D eigenvalue weighted by Gasteiger charge is 2.43. The number of ether oxygens (including phenoxy) is 1. The first kappa shape index (κ1) is 15.9. The van der Waals surface area contributed by atoms with Gasteiger partial charge in [0, 0.05) is 18.3 Å². The Bertz CT molecular complexity index is 547. The SMILES string of the molecule is CCCNc1nc(=O)c(C)cn1[C@@H]1O[C@H](CO)[C@@H](O)[C@H]1O. The topological polar surface area (TPSA) is 117 Å². The molecule has 0 spiro atoms. The third-order valence-corrected chi connectivity index (χ3v) is 3.45. The van der Waals surface area contributed by atoms with Gasteiger partial charge in [-0.25, -0.2) is 0 Å². The number of aryl methyl sites for hydroxylation is 1. The molecule has 0 aromatic carbocycles. The molecule has 0 aliphatic carbocycles. The molecule has 2 rings (SSSR count). The van der Waals surface area contributed by atoms with Crippen LogP contribution in [0.4, 0.5) is 5.95 Å². The highest BCUT2D eigenvalue weighted by Crippen LogP contribution is 2.30. The zero-order chi connectivity index (χ0) is 15.6. The third kappa shape index (κ3) is 3.08. The number of nitrogens with zero attached hydrogens (tertiary/aromatic N) is 2. The number of anilines is 1. The summed E-state index contributed by atoms with van der Waals surface area (Å²) in [5.74, 6) is 0.266. The van der Waals surface area contributed by atoms with Crippen LogP contribution in [0.2, 0.25) is 0 Å². The number of aromatic nitrogens is 2. The van der Waals surface area contributed by atoms with Crippen molar-refractivity contribution in [2.24, 2.45) is 0 Å². The Balaban J connectivity index is 2.38. The van der Waals surface area contributed by atoms with Crippen molar-refractivity contribution < 1.29 is 20.1 Å². The zero-order valence-corrected chi connectivity index (χ0v) is 12.1. The van der Waals surface area contributed by atoms with Crippen molar-refractivity contribution in [2.45, 2.75) is 44.8 Å². The van der Waals surface area contributed by atoms with Gasteiger partial charge in [-0.05, 0) is 13.3 Å². The average molecular weight is 299 g/mol. The van der Waals surface area contributed by atoms with E-state index in [0.29, 0.717) is 12.1 Å². The molecule has 4 N–H and O–H groups in total. The summed E-state index contributed by atoms with van der Waals surface area (Å²) in [5, 5.41) is 32.0. The first-order chi connectivity index (χ1) is 9.99. The first-order valence-electron chi connectivity index (χ1n) is 6.95. The van der Waals surface area contributed by atoms with Crippen LogP contribution >= 0.6 is 0 Å². The molecule has 21 heavy (non-hydrogen) atoms. The molecule has 1 saturated heterocycles. The lowest BCUT2D eigenvalue weighted by molar-refractivity contribution is -0.0524. The Morgan fingerprint density at radius 2 is 2.14 bits per heavy atom. The Labute approximate surface area is 122 Å². The highest BCUT2D eigenvalue weighted by molar-refractivity contribution is 5.28. The minimum absolute atomic E-state index is 0.266. The van der Waals surface area contributed by atoms with Crippen LogP contribution in [0.5, 0.6) is 0 Å². The minimum Gasteiger partial charge on any atom is -0.394 e. The van der Waals surface area contributed by atoms with Gasteiger partial charge in [-0.15, -0.1) is 0 Å². The van der Waals surface area contributed by atoms with E-state index >= 15 is 0 Å². The number of rotatable bonds is 5. The lowest BCUT2D eigenvalue weighted by atomic mass is 10.1. The normalized spacial score (nSPS) is 28.8. The van der Waals surface area contributed by atoms with Gasteiger partial charge in [0.25, 0.3) is 5.56 Å². The summed E-state index contributed by atoms with van der Waals surface area (Å²) in [7, 11) is 0. The molecule has 1 aliphatic rings. The largest absolute Gasteiger partial charge is 0.394 e. The van der Waals surface area contributed by atoms with E-state index in [9.17, 15) is 15.0 Å². The number of aliphatic hydroxyl groups excluding tert-OH is 3. The van der Waals surface area contributed by atoms with E-state index in [2.05, 4.69) is 10.3 Å². The maximum atomic E-state index is 11.7. The fraction of sp³-hybridized carbons (Fsp3) is 0.692. The van der Waals surface area contributed by atoms with E-state index in [-0.39, 0.29) is 11.5 Å². The highest BCUT2D eigenvalue weighted by atomic mass is 16.6. The van der Waals surface area contributed by atoms with E-state index < -0.39 is 31.1 Å². The van der Waals surface area contributed by atoms with Crippen molar-refractivity contribution in [1.82, 2.24) is 9.55 Å². The standard InChI is InChI=1S/C13H21N3O5/c1-3-4-14-13-15-11(20)7(2)5-16(13)12-10(19)9(18)8(6-17)21-12/h5,8-10,12,17-19H,3-4,6H2,1-2H3,(H,14,15,20)/t8-,9-,10-,12-/m1/s1. The molecule has 0 amide bonds. The third-order valence-electron chi connectivity index (χ3n) is 3.45. The van der Waals surface area contributed by atoms with Crippen LogP contribution in [0.3, 0.4) is 0 Å².